The summed E-state index contributed by atoms with van der Waals surface area (Å²) in [6.07, 6.45) is 6.21. The number of fused-ring (bicyclic) bond motifs is 5. The lowest BCUT2D eigenvalue weighted by atomic mass is 9.95. The highest BCUT2D eigenvalue weighted by Crippen LogP contribution is 2.44. The highest BCUT2D eigenvalue weighted by atomic mass is 32.1. The van der Waals surface area contributed by atoms with E-state index in [4.69, 9.17) is 9.47 Å². The summed E-state index contributed by atoms with van der Waals surface area (Å²) in [7, 11) is 3.08. The standard InChI is InChI=1S/C29H27F2N3O3S/c1-36-24-10-9-20(15-25(24)37-2)32-29(35)34-16-22-21-6-3-4-8-26(21)38-28(22)33-11-5-7-23(33)27(34)17-12-18(30)14-19(31)13-17/h5,7,9-15,27H,3-4,6,8,16H2,1-2H3,(H,32,35)/t27-/m0/s1. The van der Waals surface area contributed by atoms with E-state index in [1.54, 1.807) is 41.5 Å². The maximum atomic E-state index is 14.5. The Morgan fingerprint density at radius 3 is 2.50 bits per heavy atom. The highest BCUT2D eigenvalue weighted by Gasteiger charge is 2.36. The fourth-order valence-electron chi connectivity index (χ4n) is 5.58. The molecule has 0 unspecified atom stereocenters. The number of amides is 2. The summed E-state index contributed by atoms with van der Waals surface area (Å²) in [6.45, 7) is 0.310. The number of anilines is 1. The van der Waals surface area contributed by atoms with E-state index in [2.05, 4.69) is 9.88 Å². The lowest BCUT2D eigenvalue weighted by Crippen LogP contribution is -2.38. The number of methoxy groups -OCH3 is 2. The van der Waals surface area contributed by atoms with Crippen LogP contribution in [0, 0.1) is 11.6 Å². The maximum absolute atomic E-state index is 14.5. The molecular weight excluding hydrogens is 508 g/mol. The molecule has 38 heavy (non-hydrogen) atoms. The summed E-state index contributed by atoms with van der Waals surface area (Å²) < 4.78 is 41.7. The van der Waals surface area contributed by atoms with E-state index in [1.165, 1.54) is 29.7 Å². The minimum atomic E-state index is -0.714. The molecule has 2 amide bonds. The molecule has 6 nitrogen and oxygen atoms in total. The number of ether oxygens (including phenoxy) is 2. The number of hydrogen-bond acceptors (Lipinski definition) is 4. The molecule has 1 atom stereocenters. The summed E-state index contributed by atoms with van der Waals surface area (Å²) in [6, 6.07) is 11.3. The van der Waals surface area contributed by atoms with Gasteiger partial charge in [-0.2, -0.15) is 0 Å². The van der Waals surface area contributed by atoms with Crippen molar-refractivity contribution in [2.75, 3.05) is 19.5 Å². The molecule has 0 saturated carbocycles. The average molecular weight is 536 g/mol. The smallest absolute Gasteiger partial charge is 0.322 e. The minimum Gasteiger partial charge on any atom is -0.493 e. The Balaban J connectivity index is 1.48. The number of nitrogens with one attached hydrogen (secondary N) is 1. The van der Waals surface area contributed by atoms with Gasteiger partial charge in [0, 0.05) is 34.5 Å². The van der Waals surface area contributed by atoms with E-state index in [1.807, 2.05) is 18.3 Å². The van der Waals surface area contributed by atoms with E-state index in [-0.39, 0.29) is 6.03 Å². The zero-order chi connectivity index (χ0) is 26.4. The van der Waals surface area contributed by atoms with Crippen molar-refractivity contribution >= 4 is 23.1 Å². The molecule has 196 valence electrons. The molecule has 4 aromatic rings. The third-order valence-electron chi connectivity index (χ3n) is 7.28. The number of carbonyl (C=O) groups excluding carboxylic acids is 1. The van der Waals surface area contributed by atoms with Crippen LogP contribution in [-0.2, 0) is 19.4 Å². The molecule has 1 aliphatic carbocycles. The van der Waals surface area contributed by atoms with Gasteiger partial charge in [0.05, 0.1) is 26.5 Å². The van der Waals surface area contributed by atoms with E-state index < -0.39 is 17.7 Å². The van der Waals surface area contributed by atoms with Gasteiger partial charge in [0.2, 0.25) is 0 Å². The first kappa shape index (κ1) is 24.5. The summed E-state index contributed by atoms with van der Waals surface area (Å²) in [5, 5.41) is 4.05. The molecule has 0 radical (unpaired) electrons. The fraction of sp³-hybridized carbons (Fsp3) is 0.276. The van der Waals surface area contributed by atoms with Gasteiger partial charge in [-0.05, 0) is 73.2 Å². The molecule has 1 N–H and O–H groups in total. The maximum Gasteiger partial charge on any atom is 0.322 e. The predicted molar refractivity (Wildman–Crippen MR) is 143 cm³/mol. The van der Waals surface area contributed by atoms with E-state index in [0.717, 1.165) is 48.0 Å². The molecule has 2 aliphatic rings. The normalized spacial score (nSPS) is 16.2. The van der Waals surface area contributed by atoms with Gasteiger partial charge < -0.3 is 24.3 Å². The van der Waals surface area contributed by atoms with E-state index >= 15 is 0 Å². The van der Waals surface area contributed by atoms with Gasteiger partial charge in [0.25, 0.3) is 0 Å². The van der Waals surface area contributed by atoms with Crippen LogP contribution in [0.5, 0.6) is 11.5 Å². The van der Waals surface area contributed by atoms with Crippen molar-refractivity contribution in [3.63, 3.8) is 0 Å². The third kappa shape index (κ3) is 4.20. The lowest BCUT2D eigenvalue weighted by molar-refractivity contribution is 0.194. The molecule has 9 heteroatoms. The van der Waals surface area contributed by atoms with Crippen molar-refractivity contribution < 1.29 is 23.0 Å². The van der Waals surface area contributed by atoms with Crippen LogP contribution in [0.25, 0.3) is 5.00 Å². The number of nitrogens with zero attached hydrogens (tertiary/aromatic N) is 2. The van der Waals surface area contributed by atoms with Crippen LogP contribution in [0.3, 0.4) is 0 Å². The molecule has 1 aliphatic heterocycles. The molecule has 6 rings (SSSR count). The summed E-state index contributed by atoms with van der Waals surface area (Å²) in [5.74, 6) is -0.349. The molecule has 0 spiro atoms. The summed E-state index contributed by atoms with van der Waals surface area (Å²) >= 11 is 1.75. The van der Waals surface area contributed by atoms with Crippen molar-refractivity contribution in [3.8, 4) is 16.5 Å². The predicted octanol–water partition coefficient (Wildman–Crippen LogP) is 6.85. The largest absolute Gasteiger partial charge is 0.493 e. The number of benzene rings is 2. The van der Waals surface area contributed by atoms with Gasteiger partial charge in [-0.25, -0.2) is 13.6 Å². The Bertz CT molecular complexity index is 1510. The Kier molecular flexibility index (Phi) is 6.31. The number of thiophene rings is 1. The number of urea groups is 1. The van der Waals surface area contributed by atoms with Crippen LogP contribution in [0.4, 0.5) is 19.3 Å². The molecular formula is C29H27F2N3O3S. The molecule has 3 heterocycles. The Morgan fingerprint density at radius 2 is 1.74 bits per heavy atom. The Hall–Kier alpha value is -3.85. The Labute approximate surface area is 223 Å². The quantitative estimate of drug-likeness (QED) is 0.311. The fourth-order valence-corrected chi connectivity index (χ4v) is 6.98. The first-order chi connectivity index (χ1) is 18.5. The van der Waals surface area contributed by atoms with Crippen LogP contribution in [0.2, 0.25) is 0 Å². The van der Waals surface area contributed by atoms with Crippen LogP contribution in [-0.4, -0.2) is 29.7 Å². The van der Waals surface area contributed by atoms with Gasteiger partial charge in [-0.15, -0.1) is 11.3 Å². The van der Waals surface area contributed by atoms with Gasteiger partial charge >= 0.3 is 6.03 Å². The van der Waals surface area contributed by atoms with Gasteiger partial charge in [0.1, 0.15) is 22.7 Å². The molecule has 2 aromatic heterocycles. The Morgan fingerprint density at radius 1 is 0.974 bits per heavy atom. The number of aryl methyl sites for hydroxylation is 1. The van der Waals surface area contributed by atoms with E-state index in [0.29, 0.717) is 29.3 Å². The number of carbonyl (C=O) groups is 1. The topological polar surface area (TPSA) is 55.7 Å². The average Bonchev–Trinajstić information content (AvgIpc) is 3.49. The van der Waals surface area contributed by atoms with Crippen molar-refractivity contribution in [1.29, 1.82) is 0 Å². The molecule has 2 aromatic carbocycles. The van der Waals surface area contributed by atoms with Crippen molar-refractivity contribution in [3.05, 3.63) is 93.6 Å². The number of halogens is 2. The summed E-state index contributed by atoms with van der Waals surface area (Å²) in [4.78, 5) is 17.0. The van der Waals surface area contributed by atoms with Crippen molar-refractivity contribution in [2.45, 2.75) is 38.3 Å². The highest BCUT2D eigenvalue weighted by molar-refractivity contribution is 7.15. The third-order valence-corrected chi connectivity index (χ3v) is 8.61. The number of aromatic nitrogens is 1. The molecule has 0 bridgehead atoms. The monoisotopic (exact) mass is 535 g/mol. The second kappa shape index (κ2) is 9.79. The first-order valence-electron chi connectivity index (χ1n) is 12.5. The zero-order valence-electron chi connectivity index (χ0n) is 21.1. The molecule has 0 saturated heterocycles. The number of rotatable bonds is 4. The lowest BCUT2D eigenvalue weighted by Gasteiger charge is -2.31. The van der Waals surface area contributed by atoms with Gasteiger partial charge in [0.15, 0.2) is 11.5 Å². The first-order valence-corrected chi connectivity index (χ1v) is 13.3. The minimum absolute atomic E-state index is 0.310. The van der Waals surface area contributed by atoms with Crippen LogP contribution in [0.15, 0.2) is 54.7 Å². The van der Waals surface area contributed by atoms with Crippen LogP contribution < -0.4 is 14.8 Å². The second-order valence-corrected chi connectivity index (χ2v) is 10.6. The zero-order valence-corrected chi connectivity index (χ0v) is 21.9. The van der Waals surface area contributed by atoms with Crippen LogP contribution in [0.1, 0.15) is 46.1 Å². The van der Waals surface area contributed by atoms with Crippen LogP contribution >= 0.6 is 11.3 Å². The second-order valence-electron chi connectivity index (χ2n) is 9.53. The van der Waals surface area contributed by atoms with Gasteiger partial charge in [-0.1, -0.05) is 0 Å². The summed E-state index contributed by atoms with van der Waals surface area (Å²) in [5.41, 5.74) is 4.06. The van der Waals surface area contributed by atoms with Gasteiger partial charge in [-0.3, -0.25) is 0 Å². The molecule has 0 fully saturated rings. The SMILES string of the molecule is COc1ccc(NC(=O)N2Cc3c(sc4c3CCCC4)-n3cccc3[C@@H]2c2cc(F)cc(F)c2)cc1OC. The van der Waals surface area contributed by atoms with Crippen molar-refractivity contribution in [1.82, 2.24) is 9.47 Å². The van der Waals surface area contributed by atoms with Crippen molar-refractivity contribution in [2.24, 2.45) is 0 Å². The van der Waals surface area contributed by atoms with E-state index in [9.17, 15) is 13.6 Å². The number of hydrogen-bond donors (Lipinski definition) is 1.